The third-order valence-electron chi connectivity index (χ3n) is 5.75. The van der Waals surface area contributed by atoms with E-state index in [1.165, 1.54) is 24.4 Å². The molecule has 180 valence electrons. The molecular formula is C22H19Cl2F3N4O3. The van der Waals surface area contributed by atoms with E-state index in [-0.39, 0.29) is 34.1 Å². The van der Waals surface area contributed by atoms with E-state index in [4.69, 9.17) is 23.2 Å². The monoisotopic (exact) mass is 514 g/mol. The molecule has 2 fully saturated rings. The van der Waals surface area contributed by atoms with Gasteiger partial charge in [-0.15, -0.1) is 0 Å². The number of amides is 3. The van der Waals surface area contributed by atoms with Crippen molar-refractivity contribution >= 4 is 46.6 Å². The number of likely N-dealkylation sites (tertiary alicyclic amines) is 1. The predicted molar refractivity (Wildman–Crippen MR) is 118 cm³/mol. The summed E-state index contributed by atoms with van der Waals surface area (Å²) in [4.78, 5) is 43.9. The molecule has 2 heterocycles. The molecule has 0 spiro atoms. The van der Waals surface area contributed by atoms with Crippen molar-refractivity contribution in [3.63, 3.8) is 0 Å². The van der Waals surface area contributed by atoms with E-state index in [0.29, 0.717) is 0 Å². The number of hydrogen-bond donors (Lipinski definition) is 2. The number of anilines is 1. The first kappa shape index (κ1) is 24.3. The second-order valence-electron chi connectivity index (χ2n) is 8.27. The van der Waals surface area contributed by atoms with Crippen molar-refractivity contribution in [1.82, 2.24) is 15.2 Å². The van der Waals surface area contributed by atoms with Crippen LogP contribution in [-0.2, 0) is 14.4 Å². The molecule has 1 saturated heterocycles. The maximum atomic E-state index is 13.5. The Morgan fingerprint density at radius 1 is 1.18 bits per heavy atom. The smallest absolute Gasteiger partial charge is 0.252 e. The molecule has 0 radical (unpaired) electrons. The molecule has 2 N–H and O–H groups in total. The summed E-state index contributed by atoms with van der Waals surface area (Å²) in [6, 6.07) is 2.11. The topological polar surface area (TPSA) is 91.4 Å². The van der Waals surface area contributed by atoms with E-state index >= 15 is 0 Å². The van der Waals surface area contributed by atoms with E-state index in [1.807, 2.05) is 0 Å². The summed E-state index contributed by atoms with van der Waals surface area (Å²) in [5.74, 6) is -5.43. The molecule has 0 bridgehead atoms. The summed E-state index contributed by atoms with van der Waals surface area (Å²) in [7, 11) is 0. The van der Waals surface area contributed by atoms with Crippen molar-refractivity contribution in [2.24, 2.45) is 0 Å². The zero-order valence-electron chi connectivity index (χ0n) is 17.5. The molecule has 34 heavy (non-hydrogen) atoms. The fourth-order valence-electron chi connectivity index (χ4n) is 4.17. The number of pyridine rings is 1. The number of carbonyl (C=O) groups excluding carboxylic acids is 3. The van der Waals surface area contributed by atoms with Gasteiger partial charge in [-0.05, 0) is 18.6 Å². The van der Waals surface area contributed by atoms with Crippen molar-refractivity contribution in [3.8, 4) is 0 Å². The minimum Gasteiger partial charge on any atom is -0.351 e. The Kier molecular flexibility index (Phi) is 6.73. The number of rotatable bonds is 6. The molecule has 1 aromatic heterocycles. The Hall–Kier alpha value is -2.85. The Morgan fingerprint density at radius 2 is 1.91 bits per heavy atom. The molecule has 1 aromatic carbocycles. The second-order valence-corrected chi connectivity index (χ2v) is 9.12. The van der Waals surface area contributed by atoms with Crippen molar-refractivity contribution in [2.75, 3.05) is 5.32 Å². The van der Waals surface area contributed by atoms with Crippen LogP contribution in [0.25, 0.3) is 0 Å². The maximum Gasteiger partial charge on any atom is 0.252 e. The third-order valence-corrected chi connectivity index (χ3v) is 6.31. The van der Waals surface area contributed by atoms with Gasteiger partial charge in [0.25, 0.3) is 5.92 Å². The molecule has 3 amide bonds. The maximum absolute atomic E-state index is 13.5. The van der Waals surface area contributed by atoms with Gasteiger partial charge in [-0.1, -0.05) is 29.3 Å². The third kappa shape index (κ3) is 5.12. The van der Waals surface area contributed by atoms with Crippen molar-refractivity contribution in [2.45, 2.75) is 49.7 Å². The van der Waals surface area contributed by atoms with Crippen LogP contribution in [0.4, 0.5) is 18.9 Å². The molecule has 1 saturated carbocycles. The summed E-state index contributed by atoms with van der Waals surface area (Å²) < 4.78 is 40.1. The highest BCUT2D eigenvalue weighted by Gasteiger charge is 2.49. The van der Waals surface area contributed by atoms with Gasteiger partial charge in [0.1, 0.15) is 17.9 Å². The van der Waals surface area contributed by atoms with Crippen molar-refractivity contribution in [3.05, 3.63) is 58.1 Å². The molecule has 7 nitrogen and oxygen atoms in total. The number of nitrogens with one attached hydrogen (secondary N) is 2. The van der Waals surface area contributed by atoms with Crippen LogP contribution < -0.4 is 10.6 Å². The number of alkyl halides is 2. The van der Waals surface area contributed by atoms with E-state index in [9.17, 15) is 27.6 Å². The van der Waals surface area contributed by atoms with Gasteiger partial charge in [0.2, 0.25) is 17.7 Å². The zero-order valence-corrected chi connectivity index (χ0v) is 19.0. The lowest BCUT2D eigenvalue weighted by molar-refractivity contribution is -0.145. The average molecular weight is 515 g/mol. The highest BCUT2D eigenvalue weighted by Crippen LogP contribution is 2.39. The molecule has 12 heteroatoms. The van der Waals surface area contributed by atoms with Gasteiger partial charge in [-0.3, -0.25) is 19.4 Å². The number of aromatic nitrogens is 1. The standard InChI is InChI=1S/C22H19Cl2F3N4O3/c23-11-1-2-15(16(24)5-11)19(21(34)30-14-7-22(26,27)8-14)31-17(3-4-18(31)32)20(33)29-13-6-12(25)9-28-10-13/h1-2,5-6,9-10,14,17,19H,3-4,7-8H2,(H,29,33)(H,30,34)/t17?,19-/m0/s1. The summed E-state index contributed by atoms with van der Waals surface area (Å²) in [6.07, 6.45) is 1.21. The first-order valence-corrected chi connectivity index (χ1v) is 11.2. The van der Waals surface area contributed by atoms with Gasteiger partial charge < -0.3 is 15.5 Å². The van der Waals surface area contributed by atoms with Gasteiger partial charge >= 0.3 is 0 Å². The molecule has 1 aliphatic heterocycles. The minimum atomic E-state index is -2.86. The first-order chi connectivity index (χ1) is 16.0. The summed E-state index contributed by atoms with van der Waals surface area (Å²) in [5.41, 5.74) is 0.265. The molecular weight excluding hydrogens is 496 g/mol. The highest BCUT2D eigenvalue weighted by molar-refractivity contribution is 6.35. The molecule has 1 aliphatic carbocycles. The SMILES string of the molecule is O=C(Nc1cncc(F)c1)C1CCC(=O)N1[C@H](C(=O)NC1CC(F)(F)C1)c1ccc(Cl)cc1Cl. The number of nitrogens with zero attached hydrogens (tertiary/aromatic N) is 2. The summed E-state index contributed by atoms with van der Waals surface area (Å²) in [6.45, 7) is 0. The molecule has 2 aromatic rings. The van der Waals surface area contributed by atoms with E-state index in [1.54, 1.807) is 0 Å². The molecule has 2 aliphatic rings. The highest BCUT2D eigenvalue weighted by atomic mass is 35.5. The van der Waals surface area contributed by atoms with E-state index in [0.717, 1.165) is 17.2 Å². The van der Waals surface area contributed by atoms with Crippen molar-refractivity contribution < 1.29 is 27.6 Å². The number of carbonyl (C=O) groups is 3. The Labute approximate surface area is 202 Å². The van der Waals surface area contributed by atoms with Crippen LogP contribution in [0.2, 0.25) is 10.0 Å². The Bertz CT molecular complexity index is 1140. The fraction of sp³-hybridized carbons (Fsp3) is 0.364. The molecule has 2 atom stereocenters. The van der Waals surface area contributed by atoms with Gasteiger partial charge in [-0.25, -0.2) is 13.2 Å². The van der Waals surface area contributed by atoms with Crippen LogP contribution in [-0.4, -0.2) is 45.6 Å². The van der Waals surface area contributed by atoms with Crippen LogP contribution >= 0.6 is 23.2 Å². The average Bonchev–Trinajstić information content (AvgIpc) is 3.10. The predicted octanol–water partition coefficient (Wildman–Crippen LogP) is 4.11. The fourth-order valence-corrected chi connectivity index (χ4v) is 4.69. The lowest BCUT2D eigenvalue weighted by atomic mass is 9.87. The van der Waals surface area contributed by atoms with Gasteiger partial charge in [0.15, 0.2) is 0 Å². The number of hydrogen-bond acceptors (Lipinski definition) is 4. The summed E-state index contributed by atoms with van der Waals surface area (Å²) >= 11 is 12.3. The lowest BCUT2D eigenvalue weighted by Gasteiger charge is -2.38. The largest absolute Gasteiger partial charge is 0.351 e. The van der Waals surface area contributed by atoms with Crippen molar-refractivity contribution in [1.29, 1.82) is 0 Å². The van der Waals surface area contributed by atoms with E-state index < -0.39 is 60.4 Å². The van der Waals surface area contributed by atoms with Crippen LogP contribution in [0, 0.1) is 5.82 Å². The van der Waals surface area contributed by atoms with Crippen LogP contribution in [0.15, 0.2) is 36.7 Å². The van der Waals surface area contributed by atoms with Crippen LogP contribution in [0.1, 0.15) is 37.3 Å². The van der Waals surface area contributed by atoms with Gasteiger partial charge in [-0.2, -0.15) is 0 Å². The summed E-state index contributed by atoms with van der Waals surface area (Å²) in [5, 5.41) is 5.38. The number of halogens is 5. The van der Waals surface area contributed by atoms with E-state index in [2.05, 4.69) is 15.6 Å². The Balaban J connectivity index is 1.64. The quantitative estimate of drug-likeness (QED) is 0.606. The zero-order chi connectivity index (χ0) is 24.6. The van der Waals surface area contributed by atoms with Crippen LogP contribution in [0.5, 0.6) is 0 Å². The lowest BCUT2D eigenvalue weighted by Crippen LogP contribution is -2.55. The minimum absolute atomic E-state index is 0.0318. The first-order valence-electron chi connectivity index (χ1n) is 10.4. The second kappa shape index (κ2) is 9.42. The molecule has 1 unspecified atom stereocenters. The van der Waals surface area contributed by atoms with Gasteiger partial charge in [0.05, 0.1) is 18.1 Å². The van der Waals surface area contributed by atoms with Gasteiger partial charge in [0, 0.05) is 47.0 Å². The Morgan fingerprint density at radius 3 is 2.56 bits per heavy atom. The normalized spacial score (nSPS) is 20.6. The van der Waals surface area contributed by atoms with Crippen LogP contribution in [0.3, 0.4) is 0 Å². The molecule has 4 rings (SSSR count). The number of benzene rings is 1.